The van der Waals surface area contributed by atoms with Gasteiger partial charge in [0, 0.05) is 18.5 Å². The molecule has 3 rings (SSSR count). The molecule has 0 N–H and O–H groups in total. The van der Waals surface area contributed by atoms with Crippen LogP contribution in [0.15, 0.2) is 30.3 Å². The Balaban J connectivity index is 2.05. The standard InChI is InChI=1S/C13H11FN2O/c14-10-5-3-9(4-6-10)11-8-12-13(17)2-1-7-16(12)15-11/h3-6,8H,1-2,7H2. The fraction of sp³-hybridized carbons (Fsp3) is 0.231. The molecule has 0 spiro atoms. The summed E-state index contributed by atoms with van der Waals surface area (Å²) in [6.45, 7) is 0.780. The second-order valence-corrected chi connectivity index (χ2v) is 4.17. The van der Waals surface area contributed by atoms with E-state index in [9.17, 15) is 9.18 Å². The number of hydrogen-bond donors (Lipinski definition) is 0. The number of ketones is 1. The predicted octanol–water partition coefficient (Wildman–Crippen LogP) is 2.67. The largest absolute Gasteiger partial charge is 0.292 e. The van der Waals surface area contributed by atoms with Gasteiger partial charge in [-0.2, -0.15) is 5.10 Å². The van der Waals surface area contributed by atoms with Crippen molar-refractivity contribution < 1.29 is 9.18 Å². The van der Waals surface area contributed by atoms with E-state index in [1.807, 2.05) is 0 Å². The Kier molecular flexibility index (Phi) is 2.28. The zero-order valence-corrected chi connectivity index (χ0v) is 9.19. The van der Waals surface area contributed by atoms with Crippen LogP contribution in [0.3, 0.4) is 0 Å². The summed E-state index contributed by atoms with van der Waals surface area (Å²) >= 11 is 0. The van der Waals surface area contributed by atoms with E-state index in [4.69, 9.17) is 0 Å². The Hall–Kier alpha value is -1.97. The fourth-order valence-electron chi connectivity index (χ4n) is 2.09. The fourth-order valence-corrected chi connectivity index (χ4v) is 2.09. The summed E-state index contributed by atoms with van der Waals surface area (Å²) in [6.07, 6.45) is 1.44. The van der Waals surface area contributed by atoms with Crippen molar-refractivity contribution >= 4 is 5.78 Å². The highest BCUT2D eigenvalue weighted by molar-refractivity contribution is 5.96. The van der Waals surface area contributed by atoms with Crippen molar-refractivity contribution in [2.45, 2.75) is 19.4 Å². The normalized spacial score (nSPS) is 14.8. The van der Waals surface area contributed by atoms with Gasteiger partial charge < -0.3 is 0 Å². The van der Waals surface area contributed by atoms with E-state index in [1.54, 1.807) is 22.9 Å². The molecule has 1 aromatic heterocycles. The number of carbonyl (C=O) groups is 1. The van der Waals surface area contributed by atoms with Gasteiger partial charge in [-0.3, -0.25) is 9.48 Å². The molecular formula is C13H11FN2O. The number of fused-ring (bicyclic) bond motifs is 1. The summed E-state index contributed by atoms with van der Waals surface area (Å²) in [4.78, 5) is 11.7. The molecule has 3 nitrogen and oxygen atoms in total. The molecule has 0 bridgehead atoms. The van der Waals surface area contributed by atoms with Crippen molar-refractivity contribution in [1.82, 2.24) is 9.78 Å². The molecule has 0 amide bonds. The molecule has 2 heterocycles. The van der Waals surface area contributed by atoms with E-state index >= 15 is 0 Å². The van der Waals surface area contributed by atoms with Gasteiger partial charge in [-0.1, -0.05) is 0 Å². The molecule has 0 radical (unpaired) electrons. The molecule has 2 aromatic rings. The second kappa shape index (κ2) is 3.80. The average molecular weight is 230 g/mol. The molecule has 17 heavy (non-hydrogen) atoms. The third-order valence-electron chi connectivity index (χ3n) is 2.98. The molecule has 0 saturated heterocycles. The highest BCUT2D eigenvalue weighted by Crippen LogP contribution is 2.23. The topological polar surface area (TPSA) is 34.9 Å². The zero-order chi connectivity index (χ0) is 11.8. The van der Waals surface area contributed by atoms with Gasteiger partial charge in [-0.15, -0.1) is 0 Å². The van der Waals surface area contributed by atoms with Crippen molar-refractivity contribution in [3.8, 4) is 11.3 Å². The number of benzene rings is 1. The van der Waals surface area contributed by atoms with E-state index in [1.165, 1.54) is 12.1 Å². The van der Waals surface area contributed by atoms with Gasteiger partial charge in [-0.25, -0.2) is 4.39 Å². The van der Waals surface area contributed by atoms with Crippen LogP contribution >= 0.6 is 0 Å². The first-order valence-electron chi connectivity index (χ1n) is 5.61. The molecule has 0 aliphatic carbocycles. The lowest BCUT2D eigenvalue weighted by Gasteiger charge is -2.10. The van der Waals surface area contributed by atoms with Gasteiger partial charge in [0.2, 0.25) is 0 Å². The number of hydrogen-bond acceptors (Lipinski definition) is 2. The van der Waals surface area contributed by atoms with Crippen molar-refractivity contribution in [3.63, 3.8) is 0 Å². The number of rotatable bonds is 1. The van der Waals surface area contributed by atoms with Crippen LogP contribution in [-0.4, -0.2) is 15.6 Å². The lowest BCUT2D eigenvalue weighted by atomic mass is 10.1. The number of carbonyl (C=O) groups excluding carboxylic acids is 1. The first-order chi connectivity index (χ1) is 8.24. The van der Waals surface area contributed by atoms with Gasteiger partial charge >= 0.3 is 0 Å². The van der Waals surface area contributed by atoms with E-state index in [2.05, 4.69) is 5.10 Å². The minimum absolute atomic E-state index is 0.136. The Morgan fingerprint density at radius 2 is 2.00 bits per heavy atom. The Morgan fingerprint density at radius 1 is 1.24 bits per heavy atom. The molecule has 86 valence electrons. The number of aromatic nitrogens is 2. The monoisotopic (exact) mass is 230 g/mol. The van der Waals surface area contributed by atoms with E-state index in [0.717, 1.165) is 24.2 Å². The van der Waals surface area contributed by atoms with Crippen LogP contribution in [0.4, 0.5) is 4.39 Å². The van der Waals surface area contributed by atoms with Crippen LogP contribution in [-0.2, 0) is 6.54 Å². The first-order valence-corrected chi connectivity index (χ1v) is 5.61. The van der Waals surface area contributed by atoms with Crippen LogP contribution in [0.25, 0.3) is 11.3 Å². The predicted molar refractivity (Wildman–Crippen MR) is 61.2 cm³/mol. The van der Waals surface area contributed by atoms with Crippen LogP contribution in [0.1, 0.15) is 23.3 Å². The van der Waals surface area contributed by atoms with Crippen molar-refractivity contribution in [2.75, 3.05) is 0 Å². The minimum atomic E-state index is -0.270. The van der Waals surface area contributed by atoms with E-state index in [0.29, 0.717) is 12.1 Å². The van der Waals surface area contributed by atoms with E-state index in [-0.39, 0.29) is 11.6 Å². The molecular weight excluding hydrogens is 219 g/mol. The molecule has 1 aliphatic rings. The molecule has 1 aliphatic heterocycles. The minimum Gasteiger partial charge on any atom is -0.292 e. The maximum Gasteiger partial charge on any atom is 0.180 e. The number of nitrogens with zero attached hydrogens (tertiary/aromatic N) is 2. The number of aryl methyl sites for hydroxylation is 1. The Bertz CT molecular complexity index is 572. The summed E-state index contributed by atoms with van der Waals surface area (Å²) in [7, 11) is 0. The molecule has 0 saturated carbocycles. The summed E-state index contributed by atoms with van der Waals surface area (Å²) < 4.78 is 14.6. The molecule has 4 heteroatoms. The first kappa shape index (κ1) is 10.2. The molecule has 0 atom stereocenters. The molecule has 0 fully saturated rings. The lowest BCUT2D eigenvalue weighted by Crippen LogP contribution is -2.16. The Labute approximate surface area is 97.9 Å². The van der Waals surface area contributed by atoms with Crippen LogP contribution < -0.4 is 0 Å². The van der Waals surface area contributed by atoms with Crippen molar-refractivity contribution in [3.05, 3.63) is 41.8 Å². The van der Waals surface area contributed by atoms with Crippen molar-refractivity contribution in [2.24, 2.45) is 0 Å². The van der Waals surface area contributed by atoms with Gasteiger partial charge in [-0.05, 0) is 36.8 Å². The number of halogens is 1. The highest BCUT2D eigenvalue weighted by atomic mass is 19.1. The third kappa shape index (κ3) is 1.75. The van der Waals surface area contributed by atoms with E-state index < -0.39 is 0 Å². The van der Waals surface area contributed by atoms with Gasteiger partial charge in [0.15, 0.2) is 5.78 Å². The highest BCUT2D eigenvalue weighted by Gasteiger charge is 2.19. The maximum atomic E-state index is 12.8. The maximum absolute atomic E-state index is 12.8. The summed E-state index contributed by atoms with van der Waals surface area (Å²) in [6, 6.07) is 7.93. The lowest BCUT2D eigenvalue weighted by molar-refractivity contribution is 0.0951. The van der Waals surface area contributed by atoms with Crippen LogP contribution in [0, 0.1) is 5.82 Å². The molecule has 0 unspecified atom stereocenters. The van der Waals surface area contributed by atoms with Crippen LogP contribution in [0.2, 0.25) is 0 Å². The van der Waals surface area contributed by atoms with Crippen molar-refractivity contribution in [1.29, 1.82) is 0 Å². The smallest absolute Gasteiger partial charge is 0.180 e. The molecule has 1 aromatic carbocycles. The van der Waals surface area contributed by atoms with Gasteiger partial charge in [0.25, 0.3) is 0 Å². The van der Waals surface area contributed by atoms with Crippen LogP contribution in [0.5, 0.6) is 0 Å². The SMILES string of the molecule is O=C1CCCn2nc(-c3ccc(F)cc3)cc21. The second-order valence-electron chi connectivity index (χ2n) is 4.17. The third-order valence-corrected chi connectivity index (χ3v) is 2.98. The number of Topliss-reactive ketones (excluding diaryl/α,β-unsaturated/α-hetero) is 1. The van der Waals surface area contributed by atoms with Gasteiger partial charge in [0.05, 0.1) is 5.69 Å². The zero-order valence-electron chi connectivity index (χ0n) is 9.19. The average Bonchev–Trinajstić information content (AvgIpc) is 2.75. The summed E-state index contributed by atoms with van der Waals surface area (Å²) in [5.74, 6) is -0.133. The summed E-state index contributed by atoms with van der Waals surface area (Å²) in [5.41, 5.74) is 2.23. The Morgan fingerprint density at radius 3 is 2.71 bits per heavy atom. The van der Waals surface area contributed by atoms with Gasteiger partial charge in [0.1, 0.15) is 11.5 Å². The quantitative estimate of drug-likeness (QED) is 0.754. The summed E-state index contributed by atoms with van der Waals surface area (Å²) in [5, 5.41) is 4.37.